The summed E-state index contributed by atoms with van der Waals surface area (Å²) in [6.07, 6.45) is 8.85. The van der Waals surface area contributed by atoms with E-state index in [0.717, 1.165) is 34.1 Å². The molecule has 52 heavy (non-hydrogen) atoms. The fourth-order valence-electron chi connectivity index (χ4n) is 6.69. The van der Waals surface area contributed by atoms with Crippen molar-refractivity contribution < 1.29 is 0 Å². The van der Waals surface area contributed by atoms with Crippen LogP contribution in [0.3, 0.4) is 0 Å². The van der Waals surface area contributed by atoms with Gasteiger partial charge in [-0.15, -0.1) is 0 Å². The minimum atomic E-state index is 1.14. The van der Waals surface area contributed by atoms with E-state index in [2.05, 4.69) is 232 Å². The number of rotatable bonds is 10. The number of para-hydroxylation sites is 2. The van der Waals surface area contributed by atoms with Crippen molar-refractivity contribution >= 4 is 58.4 Å². The Kier molecular flexibility index (Phi) is 10.3. The third-order valence-electron chi connectivity index (χ3n) is 9.39. The molecule has 2 heteroatoms. The molecule has 0 bridgehead atoms. The van der Waals surface area contributed by atoms with E-state index in [-0.39, 0.29) is 0 Å². The van der Waals surface area contributed by atoms with E-state index in [1.54, 1.807) is 0 Å². The minimum absolute atomic E-state index is 1.14. The molecular formula is C50H44N2. The van der Waals surface area contributed by atoms with Gasteiger partial charge in [0.15, 0.2) is 0 Å². The molecule has 0 aliphatic heterocycles. The van der Waals surface area contributed by atoms with Crippen molar-refractivity contribution in [2.24, 2.45) is 0 Å². The zero-order chi connectivity index (χ0) is 35.9. The van der Waals surface area contributed by atoms with Gasteiger partial charge in [-0.05, 0) is 151 Å². The first-order chi connectivity index (χ1) is 25.4. The van der Waals surface area contributed by atoms with Gasteiger partial charge in [0.05, 0.1) is 0 Å². The Morgan fingerprint density at radius 3 is 1.10 bits per heavy atom. The summed E-state index contributed by atoms with van der Waals surface area (Å²) in [5, 5.41) is 0. The largest absolute Gasteiger partial charge is 0.310 e. The summed E-state index contributed by atoms with van der Waals surface area (Å²) in [4.78, 5) is 4.64. The molecule has 0 aliphatic rings. The topological polar surface area (TPSA) is 6.48 Å². The normalized spacial score (nSPS) is 11.3. The van der Waals surface area contributed by atoms with Crippen LogP contribution in [0.1, 0.15) is 44.5 Å². The van der Waals surface area contributed by atoms with Crippen LogP contribution in [0.25, 0.3) is 24.3 Å². The molecule has 0 saturated heterocycles. The van der Waals surface area contributed by atoms with Gasteiger partial charge in [0.25, 0.3) is 0 Å². The van der Waals surface area contributed by atoms with Crippen molar-refractivity contribution in [3.63, 3.8) is 0 Å². The second kappa shape index (κ2) is 15.7. The number of aryl methyl sites for hydroxylation is 4. The Morgan fingerprint density at radius 2 is 0.692 bits per heavy atom. The maximum Gasteiger partial charge on any atom is 0.0464 e. The highest BCUT2D eigenvalue weighted by Crippen LogP contribution is 2.37. The van der Waals surface area contributed by atoms with Crippen LogP contribution in [0.15, 0.2) is 170 Å². The molecule has 7 aromatic rings. The van der Waals surface area contributed by atoms with E-state index in [1.165, 1.54) is 44.5 Å². The van der Waals surface area contributed by atoms with Crippen LogP contribution in [0.4, 0.5) is 34.1 Å². The Hall–Kier alpha value is -6.38. The van der Waals surface area contributed by atoms with Gasteiger partial charge in [-0.3, -0.25) is 0 Å². The lowest BCUT2D eigenvalue weighted by molar-refractivity contribution is 1.26. The van der Waals surface area contributed by atoms with E-state index in [1.807, 2.05) is 0 Å². The van der Waals surface area contributed by atoms with Crippen LogP contribution in [0, 0.1) is 27.7 Å². The SMILES string of the molecule is Cc1cccc(N(c2ccccc2)c2ccc(/C=C\c3cccc(/C=C/c4ccc(N(c5ccccc5)c5cccc(C)c5)cc4C)c3)c(C)c2)c1. The van der Waals surface area contributed by atoms with Gasteiger partial charge in [0, 0.05) is 34.1 Å². The molecule has 0 fully saturated rings. The van der Waals surface area contributed by atoms with Crippen molar-refractivity contribution in [2.75, 3.05) is 9.80 Å². The lowest BCUT2D eigenvalue weighted by atomic mass is 10.0. The van der Waals surface area contributed by atoms with Crippen LogP contribution in [-0.2, 0) is 0 Å². The predicted octanol–water partition coefficient (Wildman–Crippen LogP) is 14.2. The maximum atomic E-state index is 2.32. The summed E-state index contributed by atoms with van der Waals surface area (Å²) in [5.41, 5.74) is 16.5. The first-order valence-electron chi connectivity index (χ1n) is 17.9. The number of benzene rings is 7. The summed E-state index contributed by atoms with van der Waals surface area (Å²) in [7, 11) is 0. The Balaban J connectivity index is 1.09. The highest BCUT2D eigenvalue weighted by atomic mass is 15.1. The molecule has 2 nitrogen and oxygen atoms in total. The summed E-state index contributed by atoms with van der Waals surface area (Å²) in [6, 6.07) is 60.6. The van der Waals surface area contributed by atoms with E-state index < -0.39 is 0 Å². The van der Waals surface area contributed by atoms with Crippen molar-refractivity contribution in [1.82, 2.24) is 0 Å². The Labute approximate surface area is 309 Å². The predicted molar refractivity (Wildman–Crippen MR) is 225 cm³/mol. The van der Waals surface area contributed by atoms with Crippen molar-refractivity contribution in [1.29, 1.82) is 0 Å². The molecule has 0 aromatic heterocycles. The molecule has 0 aliphatic carbocycles. The third-order valence-corrected chi connectivity index (χ3v) is 9.39. The van der Waals surface area contributed by atoms with Gasteiger partial charge >= 0.3 is 0 Å². The van der Waals surface area contributed by atoms with Gasteiger partial charge in [0.1, 0.15) is 0 Å². The summed E-state index contributed by atoms with van der Waals surface area (Å²) in [5.74, 6) is 0. The fraction of sp³-hybridized carbons (Fsp3) is 0.0800. The molecule has 0 unspecified atom stereocenters. The molecule has 0 atom stereocenters. The molecule has 0 amide bonds. The first-order valence-corrected chi connectivity index (χ1v) is 17.9. The van der Waals surface area contributed by atoms with E-state index in [0.29, 0.717) is 0 Å². The quantitative estimate of drug-likeness (QED) is 0.133. The summed E-state index contributed by atoms with van der Waals surface area (Å²) < 4.78 is 0. The number of anilines is 6. The molecule has 0 radical (unpaired) electrons. The second-order valence-corrected chi connectivity index (χ2v) is 13.4. The fourth-order valence-corrected chi connectivity index (χ4v) is 6.69. The standard InChI is InChI=1S/C50H44N2/c1-37-14-11-22-47(32-37)51(45-18-7-5-8-19-45)49-30-28-43(39(3)34-49)26-24-41-16-13-17-42(36-41)25-27-44-29-31-50(35-40(44)4)52(46-20-9-6-10-21-46)48-23-12-15-38(2)33-48/h5-36H,1-4H3/b26-24-,27-25+. The Morgan fingerprint density at radius 1 is 0.308 bits per heavy atom. The van der Waals surface area contributed by atoms with Crippen molar-refractivity contribution in [3.05, 3.63) is 214 Å². The van der Waals surface area contributed by atoms with Crippen LogP contribution < -0.4 is 9.80 Å². The highest BCUT2D eigenvalue weighted by Gasteiger charge is 2.14. The third kappa shape index (κ3) is 7.98. The average Bonchev–Trinajstić information content (AvgIpc) is 3.16. The summed E-state index contributed by atoms with van der Waals surface area (Å²) >= 11 is 0. The van der Waals surface area contributed by atoms with Crippen molar-refractivity contribution in [3.8, 4) is 0 Å². The Bertz CT molecular complexity index is 2190. The van der Waals surface area contributed by atoms with Gasteiger partial charge in [0.2, 0.25) is 0 Å². The van der Waals surface area contributed by atoms with Gasteiger partial charge < -0.3 is 9.80 Å². The maximum absolute atomic E-state index is 2.32. The monoisotopic (exact) mass is 672 g/mol. The molecule has 7 aromatic carbocycles. The molecule has 7 rings (SSSR count). The van der Waals surface area contributed by atoms with Crippen LogP contribution in [0.2, 0.25) is 0 Å². The highest BCUT2D eigenvalue weighted by molar-refractivity contribution is 5.82. The van der Waals surface area contributed by atoms with Crippen LogP contribution in [0.5, 0.6) is 0 Å². The zero-order valence-electron chi connectivity index (χ0n) is 30.4. The molecule has 0 heterocycles. The lowest BCUT2D eigenvalue weighted by Gasteiger charge is -2.26. The smallest absolute Gasteiger partial charge is 0.0464 e. The molecule has 0 saturated carbocycles. The van der Waals surface area contributed by atoms with Gasteiger partial charge in [-0.25, -0.2) is 0 Å². The van der Waals surface area contributed by atoms with Crippen LogP contribution >= 0.6 is 0 Å². The van der Waals surface area contributed by atoms with E-state index >= 15 is 0 Å². The van der Waals surface area contributed by atoms with Crippen molar-refractivity contribution in [2.45, 2.75) is 27.7 Å². The number of hydrogen-bond donors (Lipinski definition) is 0. The van der Waals surface area contributed by atoms with Gasteiger partial charge in [-0.2, -0.15) is 0 Å². The zero-order valence-corrected chi connectivity index (χ0v) is 30.4. The lowest BCUT2D eigenvalue weighted by Crippen LogP contribution is -2.10. The molecule has 0 N–H and O–H groups in total. The number of hydrogen-bond acceptors (Lipinski definition) is 2. The molecular weight excluding hydrogens is 629 g/mol. The number of nitrogens with zero attached hydrogens (tertiary/aromatic N) is 2. The second-order valence-electron chi connectivity index (χ2n) is 13.4. The van der Waals surface area contributed by atoms with Crippen LogP contribution in [-0.4, -0.2) is 0 Å². The summed E-state index contributed by atoms with van der Waals surface area (Å²) in [6.45, 7) is 8.66. The average molecular weight is 673 g/mol. The minimum Gasteiger partial charge on any atom is -0.310 e. The van der Waals surface area contributed by atoms with Gasteiger partial charge in [-0.1, -0.05) is 115 Å². The first kappa shape index (κ1) is 34.1. The van der Waals surface area contributed by atoms with E-state index in [4.69, 9.17) is 0 Å². The van der Waals surface area contributed by atoms with E-state index in [9.17, 15) is 0 Å². The molecule has 254 valence electrons. The molecule has 0 spiro atoms.